The number of aryl methyl sites for hydroxylation is 1. The lowest BCUT2D eigenvalue weighted by molar-refractivity contribution is -0.127. The van der Waals surface area contributed by atoms with Crippen LogP contribution in [0.5, 0.6) is 0 Å². The molecule has 0 aliphatic carbocycles. The van der Waals surface area contributed by atoms with Gasteiger partial charge in [-0.1, -0.05) is 18.6 Å². The molecule has 0 radical (unpaired) electrons. The molecule has 3 aliphatic heterocycles. The Kier molecular flexibility index (Phi) is 7.72. The summed E-state index contributed by atoms with van der Waals surface area (Å²) in [7, 11) is 2.05. The molecule has 5 heterocycles. The summed E-state index contributed by atoms with van der Waals surface area (Å²) in [5, 5.41) is 13.5. The van der Waals surface area contributed by atoms with Crippen LogP contribution in [-0.4, -0.2) is 64.4 Å². The van der Waals surface area contributed by atoms with Gasteiger partial charge in [0.15, 0.2) is 0 Å². The zero-order valence-electron chi connectivity index (χ0n) is 22.5. The second kappa shape index (κ2) is 11.5. The fourth-order valence-corrected chi connectivity index (χ4v) is 6.26. The molecule has 0 bridgehead atoms. The molecule has 2 N–H and O–H groups in total. The first-order chi connectivity index (χ1) is 18.6. The largest absolute Gasteiger partial charge is 0.372 e. The Labute approximate surface area is 225 Å². The number of piperidine rings is 2. The maximum Gasteiger partial charge on any atom is 0.223 e. The molecule has 3 aliphatic rings. The third-order valence-electron chi connectivity index (χ3n) is 8.61. The summed E-state index contributed by atoms with van der Waals surface area (Å²) in [6.45, 7) is 5.76. The van der Waals surface area contributed by atoms with Gasteiger partial charge in [0.25, 0.3) is 0 Å². The fourth-order valence-electron chi connectivity index (χ4n) is 6.26. The van der Waals surface area contributed by atoms with E-state index in [2.05, 4.69) is 44.9 Å². The number of amides is 1. The summed E-state index contributed by atoms with van der Waals surface area (Å²) in [6, 6.07) is 8.90. The number of rotatable bonds is 6. The van der Waals surface area contributed by atoms with Crippen LogP contribution in [0.25, 0.3) is 21.9 Å². The SMILES string of the molecule is Cn1ncc(-c2ccc3cnc(C4CC(NC(=O)C5CCNCC5)CCO4)cc3c2)c1CN1CCCCC1. The van der Waals surface area contributed by atoms with Gasteiger partial charge in [-0.15, -0.1) is 0 Å². The molecule has 1 aromatic carbocycles. The molecule has 0 saturated carbocycles. The molecule has 2 atom stereocenters. The molecule has 3 saturated heterocycles. The minimum absolute atomic E-state index is 0.108. The van der Waals surface area contributed by atoms with E-state index >= 15 is 0 Å². The highest BCUT2D eigenvalue weighted by atomic mass is 16.5. The normalized spacial score (nSPS) is 23.5. The van der Waals surface area contributed by atoms with Crippen molar-refractivity contribution in [3.05, 3.63) is 48.0 Å². The number of ether oxygens (including phenoxy) is 1. The minimum Gasteiger partial charge on any atom is -0.372 e. The molecule has 0 spiro atoms. The first-order valence-corrected chi connectivity index (χ1v) is 14.4. The van der Waals surface area contributed by atoms with E-state index < -0.39 is 0 Å². The van der Waals surface area contributed by atoms with Gasteiger partial charge in [0.05, 0.1) is 17.6 Å². The topological polar surface area (TPSA) is 84.3 Å². The van der Waals surface area contributed by atoms with Gasteiger partial charge in [0.2, 0.25) is 5.91 Å². The van der Waals surface area contributed by atoms with Crippen LogP contribution in [0, 0.1) is 5.92 Å². The molecule has 202 valence electrons. The van der Waals surface area contributed by atoms with Crippen LogP contribution in [0.2, 0.25) is 0 Å². The van der Waals surface area contributed by atoms with E-state index in [9.17, 15) is 4.79 Å². The van der Waals surface area contributed by atoms with Crippen molar-refractivity contribution in [2.45, 2.75) is 63.6 Å². The number of hydrogen-bond acceptors (Lipinski definition) is 6. The molecule has 8 nitrogen and oxygen atoms in total. The Hall–Kier alpha value is -2.81. The van der Waals surface area contributed by atoms with Crippen molar-refractivity contribution in [2.24, 2.45) is 13.0 Å². The molecule has 3 fully saturated rings. The first kappa shape index (κ1) is 25.5. The quantitative estimate of drug-likeness (QED) is 0.516. The lowest BCUT2D eigenvalue weighted by Gasteiger charge is -2.31. The zero-order chi connectivity index (χ0) is 25.9. The highest BCUT2D eigenvalue weighted by Crippen LogP contribution is 2.32. The number of hydrogen-bond donors (Lipinski definition) is 2. The molecule has 2 aromatic heterocycles. The predicted molar refractivity (Wildman–Crippen MR) is 149 cm³/mol. The second-order valence-electron chi connectivity index (χ2n) is 11.3. The lowest BCUT2D eigenvalue weighted by atomic mass is 9.94. The number of carbonyl (C=O) groups is 1. The van der Waals surface area contributed by atoms with Gasteiger partial charge in [-0.2, -0.15) is 5.10 Å². The summed E-state index contributed by atoms with van der Waals surface area (Å²) in [4.78, 5) is 20.1. The van der Waals surface area contributed by atoms with Crippen molar-refractivity contribution in [3.63, 3.8) is 0 Å². The van der Waals surface area contributed by atoms with Crippen LogP contribution in [0.1, 0.15) is 62.4 Å². The Morgan fingerprint density at radius 3 is 2.76 bits per heavy atom. The summed E-state index contributed by atoms with van der Waals surface area (Å²) < 4.78 is 8.18. The van der Waals surface area contributed by atoms with Crippen molar-refractivity contribution >= 4 is 16.7 Å². The number of carbonyl (C=O) groups excluding carboxylic acids is 1. The van der Waals surface area contributed by atoms with Crippen molar-refractivity contribution < 1.29 is 9.53 Å². The minimum atomic E-state index is -0.108. The van der Waals surface area contributed by atoms with Crippen molar-refractivity contribution in [2.75, 3.05) is 32.8 Å². The number of benzene rings is 1. The van der Waals surface area contributed by atoms with E-state index in [0.29, 0.717) is 6.61 Å². The molecular formula is C30H40N6O2. The molecule has 2 unspecified atom stereocenters. The van der Waals surface area contributed by atoms with E-state index in [4.69, 9.17) is 9.72 Å². The zero-order valence-corrected chi connectivity index (χ0v) is 22.5. The summed E-state index contributed by atoms with van der Waals surface area (Å²) in [6.07, 6.45) is 11.2. The van der Waals surface area contributed by atoms with Crippen molar-refractivity contribution in [1.29, 1.82) is 0 Å². The highest BCUT2D eigenvalue weighted by molar-refractivity contribution is 5.87. The summed E-state index contributed by atoms with van der Waals surface area (Å²) >= 11 is 0. The monoisotopic (exact) mass is 516 g/mol. The van der Waals surface area contributed by atoms with Crippen LogP contribution >= 0.6 is 0 Å². The van der Waals surface area contributed by atoms with Crippen LogP contribution in [0.15, 0.2) is 36.7 Å². The van der Waals surface area contributed by atoms with Gasteiger partial charge in [0.1, 0.15) is 6.10 Å². The highest BCUT2D eigenvalue weighted by Gasteiger charge is 2.29. The number of fused-ring (bicyclic) bond motifs is 1. The number of nitrogens with zero attached hydrogens (tertiary/aromatic N) is 4. The van der Waals surface area contributed by atoms with Gasteiger partial charge >= 0.3 is 0 Å². The van der Waals surface area contributed by atoms with Crippen molar-refractivity contribution in [3.8, 4) is 11.1 Å². The van der Waals surface area contributed by atoms with E-state index in [-0.39, 0.29) is 24.0 Å². The molecule has 1 amide bonds. The van der Waals surface area contributed by atoms with Gasteiger partial charge in [-0.3, -0.25) is 19.4 Å². The van der Waals surface area contributed by atoms with Crippen LogP contribution in [0.3, 0.4) is 0 Å². The van der Waals surface area contributed by atoms with E-state index in [1.807, 2.05) is 24.1 Å². The van der Waals surface area contributed by atoms with Crippen LogP contribution in [-0.2, 0) is 23.1 Å². The van der Waals surface area contributed by atoms with Gasteiger partial charge < -0.3 is 15.4 Å². The Balaban J connectivity index is 1.19. The third-order valence-corrected chi connectivity index (χ3v) is 8.61. The second-order valence-corrected chi connectivity index (χ2v) is 11.3. The standard InChI is InChI=1S/C30H40N6O2/c1-35-28(20-36-12-3-2-4-13-36)26(19-33-35)22-5-6-23-18-32-27(16-24(23)15-22)29-17-25(9-14-38-29)34-30(37)21-7-10-31-11-8-21/h5-6,15-16,18-19,21,25,29,31H,2-4,7-14,17,20H2,1H3,(H,34,37). The Morgan fingerprint density at radius 2 is 1.92 bits per heavy atom. The predicted octanol–water partition coefficient (Wildman–Crippen LogP) is 3.96. The molecular weight excluding hydrogens is 476 g/mol. The Morgan fingerprint density at radius 1 is 1.08 bits per heavy atom. The molecule has 8 heteroatoms. The third kappa shape index (κ3) is 5.63. The summed E-state index contributed by atoms with van der Waals surface area (Å²) in [5.41, 5.74) is 4.60. The maximum absolute atomic E-state index is 12.8. The number of likely N-dealkylation sites (tertiary alicyclic amines) is 1. The summed E-state index contributed by atoms with van der Waals surface area (Å²) in [5.74, 6) is 0.326. The number of aromatic nitrogens is 3. The number of nitrogens with one attached hydrogen (secondary N) is 2. The number of pyridine rings is 1. The average Bonchev–Trinajstić information content (AvgIpc) is 3.33. The van der Waals surface area contributed by atoms with Crippen LogP contribution < -0.4 is 10.6 Å². The van der Waals surface area contributed by atoms with E-state index in [1.165, 1.54) is 36.1 Å². The van der Waals surface area contributed by atoms with Crippen molar-refractivity contribution in [1.82, 2.24) is 30.3 Å². The Bertz CT molecular complexity index is 1260. The van der Waals surface area contributed by atoms with E-state index in [0.717, 1.165) is 74.9 Å². The van der Waals surface area contributed by atoms with Gasteiger partial charge in [-0.05, 0) is 87.8 Å². The molecule has 6 rings (SSSR count). The van der Waals surface area contributed by atoms with Gasteiger partial charge in [-0.25, -0.2) is 0 Å². The molecule has 3 aromatic rings. The maximum atomic E-state index is 12.8. The first-order valence-electron chi connectivity index (χ1n) is 14.4. The average molecular weight is 517 g/mol. The van der Waals surface area contributed by atoms with Gasteiger partial charge in [0, 0.05) is 49.3 Å². The molecule has 38 heavy (non-hydrogen) atoms. The smallest absolute Gasteiger partial charge is 0.223 e. The lowest BCUT2D eigenvalue weighted by Crippen LogP contribution is -2.45. The van der Waals surface area contributed by atoms with E-state index in [1.54, 1.807) is 0 Å². The fraction of sp³-hybridized carbons (Fsp3) is 0.567. The van der Waals surface area contributed by atoms with Crippen LogP contribution in [0.4, 0.5) is 0 Å².